The second kappa shape index (κ2) is 13.7. The van der Waals surface area contributed by atoms with E-state index in [0.717, 1.165) is 69.1 Å². The smallest absolute Gasteiger partial charge is 0.309 e. The Hall–Kier alpha value is -1.04. The van der Waals surface area contributed by atoms with Crippen LogP contribution in [0.15, 0.2) is 0 Å². The Balaban J connectivity index is 1.30. The number of rotatable bonds is 11. The third-order valence-electron chi connectivity index (χ3n) is 9.52. The summed E-state index contributed by atoms with van der Waals surface area (Å²) in [7, 11) is 0. The Labute approximate surface area is 204 Å². The molecular weight excluding hydrogens is 406 g/mol. The van der Waals surface area contributed by atoms with Crippen molar-refractivity contribution >= 4 is 5.97 Å². The predicted molar refractivity (Wildman–Crippen MR) is 136 cm³/mol. The van der Waals surface area contributed by atoms with Crippen molar-refractivity contribution in [2.75, 3.05) is 0 Å². The van der Waals surface area contributed by atoms with Gasteiger partial charge in [-0.2, -0.15) is 5.26 Å². The minimum Gasteiger partial charge on any atom is -0.462 e. The minimum atomic E-state index is -0.163. The molecule has 0 bridgehead atoms. The van der Waals surface area contributed by atoms with E-state index in [4.69, 9.17) is 4.74 Å². The maximum absolute atomic E-state index is 12.8. The van der Waals surface area contributed by atoms with Crippen molar-refractivity contribution in [1.82, 2.24) is 0 Å². The lowest BCUT2D eigenvalue weighted by atomic mass is 9.68. The number of carbonyl (C=O) groups excluding carboxylic acids is 1. The normalized spacial score (nSPS) is 35.0. The molecule has 3 aliphatic carbocycles. The van der Waals surface area contributed by atoms with Gasteiger partial charge in [0.25, 0.3) is 0 Å². The maximum Gasteiger partial charge on any atom is 0.309 e. The maximum atomic E-state index is 12.8. The zero-order chi connectivity index (χ0) is 23.5. The second-order valence-electron chi connectivity index (χ2n) is 11.9. The van der Waals surface area contributed by atoms with E-state index in [1.165, 1.54) is 77.0 Å². The van der Waals surface area contributed by atoms with Gasteiger partial charge in [-0.1, -0.05) is 71.6 Å². The summed E-state index contributed by atoms with van der Waals surface area (Å²) in [6.07, 6.45) is 24.4. The summed E-state index contributed by atoms with van der Waals surface area (Å²) in [6, 6.07) is 2.57. The number of ether oxygens (including phenoxy) is 1. The number of carbonyl (C=O) groups is 1. The highest BCUT2D eigenvalue weighted by Gasteiger charge is 2.38. The molecule has 0 aromatic heterocycles. The number of unbranched alkanes of at least 4 members (excludes halogenated alkanes) is 4. The number of nitriles is 1. The van der Waals surface area contributed by atoms with E-state index in [0.29, 0.717) is 0 Å². The van der Waals surface area contributed by atoms with E-state index in [9.17, 15) is 10.1 Å². The Kier molecular flexibility index (Phi) is 11.1. The number of nitrogens with zero attached hydrogens (tertiary/aromatic N) is 1. The van der Waals surface area contributed by atoms with Crippen molar-refractivity contribution in [3.8, 4) is 6.07 Å². The van der Waals surface area contributed by atoms with Gasteiger partial charge < -0.3 is 4.74 Å². The molecule has 3 heteroatoms. The van der Waals surface area contributed by atoms with Crippen molar-refractivity contribution in [2.24, 2.45) is 29.1 Å². The van der Waals surface area contributed by atoms with Gasteiger partial charge in [-0.25, -0.2) is 0 Å². The molecule has 0 amide bonds. The zero-order valence-electron chi connectivity index (χ0n) is 21.8. The first-order valence-corrected chi connectivity index (χ1v) is 14.7. The second-order valence-corrected chi connectivity index (χ2v) is 11.9. The molecular formula is C30H51NO2. The van der Waals surface area contributed by atoms with Crippen molar-refractivity contribution in [3.63, 3.8) is 0 Å². The van der Waals surface area contributed by atoms with Crippen LogP contribution in [0, 0.1) is 40.4 Å². The van der Waals surface area contributed by atoms with Crippen LogP contribution in [0.5, 0.6) is 0 Å². The number of hydrogen-bond donors (Lipinski definition) is 0. The summed E-state index contributed by atoms with van der Waals surface area (Å²) in [5, 5.41) is 9.60. The van der Waals surface area contributed by atoms with E-state index >= 15 is 0 Å². The third kappa shape index (κ3) is 8.00. The number of hydrogen-bond acceptors (Lipinski definition) is 3. The Morgan fingerprint density at radius 3 is 2.00 bits per heavy atom. The summed E-state index contributed by atoms with van der Waals surface area (Å²) < 4.78 is 5.96. The van der Waals surface area contributed by atoms with Gasteiger partial charge in [0.05, 0.1) is 17.4 Å². The van der Waals surface area contributed by atoms with Crippen LogP contribution in [0.2, 0.25) is 0 Å². The van der Waals surface area contributed by atoms with Crippen LogP contribution in [0.3, 0.4) is 0 Å². The van der Waals surface area contributed by atoms with Gasteiger partial charge in [0.2, 0.25) is 0 Å². The van der Waals surface area contributed by atoms with Gasteiger partial charge in [-0.15, -0.1) is 0 Å². The molecule has 0 atom stereocenters. The first kappa shape index (κ1) is 26.6. The van der Waals surface area contributed by atoms with Crippen molar-refractivity contribution in [2.45, 2.75) is 148 Å². The van der Waals surface area contributed by atoms with Crippen LogP contribution in [-0.2, 0) is 9.53 Å². The van der Waals surface area contributed by atoms with Gasteiger partial charge >= 0.3 is 5.97 Å². The molecule has 0 heterocycles. The van der Waals surface area contributed by atoms with Gasteiger partial charge in [0.1, 0.15) is 6.10 Å². The molecule has 0 aromatic rings. The summed E-state index contributed by atoms with van der Waals surface area (Å²) in [5.41, 5.74) is -0.163. The molecule has 3 aliphatic rings. The molecule has 188 valence electrons. The Morgan fingerprint density at radius 1 is 0.818 bits per heavy atom. The highest BCUT2D eigenvalue weighted by Crippen LogP contribution is 2.44. The first-order chi connectivity index (χ1) is 16.1. The van der Waals surface area contributed by atoms with Crippen LogP contribution in [0.1, 0.15) is 142 Å². The Bertz CT molecular complexity index is 599. The van der Waals surface area contributed by atoms with E-state index in [2.05, 4.69) is 19.9 Å². The van der Waals surface area contributed by atoms with Crippen LogP contribution in [0.25, 0.3) is 0 Å². The van der Waals surface area contributed by atoms with E-state index < -0.39 is 0 Å². The van der Waals surface area contributed by atoms with Crippen molar-refractivity contribution in [3.05, 3.63) is 0 Å². The average molecular weight is 458 g/mol. The quantitative estimate of drug-likeness (QED) is 0.230. The highest BCUT2D eigenvalue weighted by atomic mass is 16.5. The molecule has 0 spiro atoms. The molecule has 3 rings (SSSR count). The SMILES string of the molecule is CCCCCCCC1CCC(C2CCC(C(=O)OC3CCC(C#N)(CCC)CC3)CC2)CC1. The van der Waals surface area contributed by atoms with Gasteiger partial charge in [-0.05, 0) is 88.4 Å². The highest BCUT2D eigenvalue weighted by molar-refractivity contribution is 5.72. The van der Waals surface area contributed by atoms with Crippen molar-refractivity contribution in [1.29, 1.82) is 5.26 Å². The molecule has 33 heavy (non-hydrogen) atoms. The van der Waals surface area contributed by atoms with Crippen LogP contribution in [-0.4, -0.2) is 12.1 Å². The fraction of sp³-hybridized carbons (Fsp3) is 0.933. The largest absolute Gasteiger partial charge is 0.462 e. The van der Waals surface area contributed by atoms with E-state index in [1.807, 2.05) is 0 Å². The van der Waals surface area contributed by atoms with Crippen LogP contribution >= 0.6 is 0 Å². The number of esters is 1. The fourth-order valence-corrected chi connectivity index (χ4v) is 7.23. The summed E-state index contributed by atoms with van der Waals surface area (Å²) in [6.45, 7) is 4.45. The lowest BCUT2D eigenvalue weighted by Gasteiger charge is -2.38. The minimum absolute atomic E-state index is 0.0470. The lowest BCUT2D eigenvalue weighted by Crippen LogP contribution is -2.34. The molecule has 0 aliphatic heterocycles. The molecule has 0 aromatic carbocycles. The van der Waals surface area contributed by atoms with Gasteiger partial charge in [0.15, 0.2) is 0 Å². The summed E-state index contributed by atoms with van der Waals surface area (Å²) in [5.74, 6) is 2.93. The topological polar surface area (TPSA) is 50.1 Å². The molecule has 0 unspecified atom stereocenters. The first-order valence-electron chi connectivity index (χ1n) is 14.7. The zero-order valence-corrected chi connectivity index (χ0v) is 21.8. The third-order valence-corrected chi connectivity index (χ3v) is 9.52. The molecule has 0 N–H and O–H groups in total. The average Bonchev–Trinajstić information content (AvgIpc) is 2.86. The van der Waals surface area contributed by atoms with E-state index in [1.54, 1.807) is 0 Å². The fourth-order valence-electron chi connectivity index (χ4n) is 7.23. The summed E-state index contributed by atoms with van der Waals surface area (Å²) >= 11 is 0. The molecule has 3 saturated carbocycles. The van der Waals surface area contributed by atoms with Crippen molar-refractivity contribution < 1.29 is 9.53 Å². The van der Waals surface area contributed by atoms with E-state index in [-0.39, 0.29) is 23.4 Å². The molecule has 0 saturated heterocycles. The van der Waals surface area contributed by atoms with Crippen LogP contribution in [0.4, 0.5) is 0 Å². The predicted octanol–water partition coefficient (Wildman–Crippen LogP) is 8.76. The lowest BCUT2D eigenvalue weighted by molar-refractivity contribution is -0.158. The summed E-state index contributed by atoms with van der Waals surface area (Å²) in [4.78, 5) is 12.8. The molecule has 3 fully saturated rings. The van der Waals surface area contributed by atoms with Crippen LogP contribution < -0.4 is 0 Å². The van der Waals surface area contributed by atoms with Gasteiger partial charge in [0, 0.05) is 0 Å². The molecule has 3 nitrogen and oxygen atoms in total. The standard InChI is InChI=1S/C30H51NO2/c1-3-5-6-7-8-9-24-10-12-25(13-11-24)26-14-16-27(17-15-26)29(32)33-28-18-21-30(23-31,20-4-2)22-19-28/h24-28H,3-22H2,1-2H3. The van der Waals surface area contributed by atoms with Gasteiger partial charge in [-0.3, -0.25) is 4.79 Å². The molecule has 0 radical (unpaired) electrons. The monoisotopic (exact) mass is 457 g/mol. The Morgan fingerprint density at radius 2 is 1.42 bits per heavy atom.